The Bertz CT molecular complexity index is 992. The van der Waals surface area contributed by atoms with Crippen molar-refractivity contribution in [2.24, 2.45) is 5.73 Å². The van der Waals surface area contributed by atoms with E-state index >= 15 is 0 Å². The number of carbonyl (C=O) groups excluding carboxylic acids is 2. The molecule has 7 heteroatoms. The van der Waals surface area contributed by atoms with Gasteiger partial charge in [-0.2, -0.15) is 0 Å². The number of aliphatic hydroxyl groups is 1. The summed E-state index contributed by atoms with van der Waals surface area (Å²) in [7, 11) is 0. The molecular weight excluding hydrogens is 370 g/mol. The van der Waals surface area contributed by atoms with Crippen molar-refractivity contribution < 1.29 is 19.9 Å². The van der Waals surface area contributed by atoms with Gasteiger partial charge in [-0.25, -0.2) is 5.48 Å². The molecule has 0 saturated carbocycles. The van der Waals surface area contributed by atoms with Gasteiger partial charge in [-0.3, -0.25) is 14.8 Å². The summed E-state index contributed by atoms with van der Waals surface area (Å²) in [5, 5.41) is 20.6. The van der Waals surface area contributed by atoms with Gasteiger partial charge in [0.2, 0.25) is 0 Å². The minimum atomic E-state index is -1.28. The van der Waals surface area contributed by atoms with Crippen molar-refractivity contribution in [1.29, 1.82) is 0 Å². The largest absolute Gasteiger partial charge is 0.391 e. The van der Waals surface area contributed by atoms with Gasteiger partial charge in [0.1, 0.15) is 6.04 Å². The molecule has 29 heavy (non-hydrogen) atoms. The first kappa shape index (κ1) is 21.7. The topological polar surface area (TPSA) is 125 Å². The number of amides is 2. The number of hydrogen-bond donors (Lipinski definition) is 5. The van der Waals surface area contributed by atoms with Crippen molar-refractivity contribution in [1.82, 2.24) is 10.8 Å². The first-order valence-electron chi connectivity index (χ1n) is 8.78. The summed E-state index contributed by atoms with van der Waals surface area (Å²) in [5.41, 5.74) is 9.76. The number of nitrogens with two attached hydrogens (primary N) is 1. The summed E-state index contributed by atoms with van der Waals surface area (Å²) in [6.07, 6.45) is -1.18. The quantitative estimate of drug-likeness (QED) is 0.289. The van der Waals surface area contributed by atoms with E-state index in [-0.39, 0.29) is 5.56 Å². The number of nitrogens with one attached hydrogen (secondary N) is 2. The maximum absolute atomic E-state index is 12.2. The van der Waals surface area contributed by atoms with E-state index in [9.17, 15) is 14.7 Å². The van der Waals surface area contributed by atoms with Crippen molar-refractivity contribution >= 4 is 11.8 Å². The van der Waals surface area contributed by atoms with E-state index in [2.05, 4.69) is 29.0 Å². The van der Waals surface area contributed by atoms with Gasteiger partial charge in [-0.1, -0.05) is 24.0 Å². The number of benzene rings is 2. The highest BCUT2D eigenvalue weighted by Gasteiger charge is 2.25. The van der Waals surface area contributed by atoms with Crippen LogP contribution in [-0.4, -0.2) is 34.3 Å². The molecule has 0 saturated heterocycles. The van der Waals surface area contributed by atoms with Crippen LogP contribution in [0.2, 0.25) is 0 Å². The Morgan fingerprint density at radius 3 is 2.31 bits per heavy atom. The second-order valence-corrected chi connectivity index (χ2v) is 6.15. The Kier molecular flexibility index (Phi) is 7.96. The molecule has 2 aromatic carbocycles. The predicted octanol–water partition coefficient (Wildman–Crippen LogP) is 0.533. The van der Waals surface area contributed by atoms with Crippen molar-refractivity contribution in [3.63, 3.8) is 0 Å². The minimum absolute atomic E-state index is 0.275. The Labute approximate surface area is 168 Å². The van der Waals surface area contributed by atoms with Crippen LogP contribution >= 0.6 is 0 Å². The van der Waals surface area contributed by atoms with Crippen LogP contribution in [0.3, 0.4) is 0 Å². The number of hydrogen-bond acceptors (Lipinski definition) is 5. The fourth-order valence-electron chi connectivity index (χ4n) is 2.39. The van der Waals surface area contributed by atoms with Gasteiger partial charge in [0.05, 0.1) is 6.10 Å². The molecule has 0 aliphatic heterocycles. The van der Waals surface area contributed by atoms with E-state index in [4.69, 9.17) is 10.9 Å². The van der Waals surface area contributed by atoms with Crippen LogP contribution in [0.1, 0.15) is 34.0 Å². The van der Waals surface area contributed by atoms with Gasteiger partial charge in [-0.05, 0) is 60.7 Å². The normalized spacial score (nSPS) is 11.7. The van der Waals surface area contributed by atoms with Crippen molar-refractivity contribution in [2.75, 3.05) is 0 Å². The molecule has 2 atom stereocenters. The zero-order chi connectivity index (χ0) is 21.2. The maximum Gasteiger partial charge on any atom is 0.268 e. The van der Waals surface area contributed by atoms with Crippen molar-refractivity contribution in [3.8, 4) is 23.7 Å². The molecule has 0 heterocycles. The van der Waals surface area contributed by atoms with Gasteiger partial charge in [0.25, 0.3) is 11.8 Å². The van der Waals surface area contributed by atoms with Gasteiger partial charge in [0.15, 0.2) is 0 Å². The molecule has 0 spiro atoms. The molecule has 6 N–H and O–H groups in total. The predicted molar refractivity (Wildman–Crippen MR) is 107 cm³/mol. The summed E-state index contributed by atoms with van der Waals surface area (Å²) in [5.74, 6) is 9.86. The molecule has 0 fully saturated rings. The average molecular weight is 391 g/mol. The molecule has 2 rings (SSSR count). The van der Waals surface area contributed by atoms with Gasteiger partial charge < -0.3 is 16.2 Å². The smallest absolute Gasteiger partial charge is 0.268 e. The van der Waals surface area contributed by atoms with E-state index < -0.39 is 24.0 Å². The summed E-state index contributed by atoms with van der Waals surface area (Å²) in [4.78, 5) is 23.7. The third-order valence-corrected chi connectivity index (χ3v) is 3.95. The van der Waals surface area contributed by atoms with Crippen LogP contribution in [0.5, 0.6) is 0 Å². The second-order valence-electron chi connectivity index (χ2n) is 6.15. The summed E-state index contributed by atoms with van der Waals surface area (Å²) in [6.45, 7) is 1.77. The maximum atomic E-state index is 12.2. The lowest BCUT2D eigenvalue weighted by molar-refractivity contribution is -0.133. The number of aliphatic hydroxyl groups excluding tert-OH is 1. The first-order chi connectivity index (χ1) is 13.9. The highest BCUT2D eigenvalue weighted by Crippen LogP contribution is 2.05. The van der Waals surface area contributed by atoms with E-state index in [1.165, 1.54) is 24.5 Å². The number of hydroxylamine groups is 1. The molecule has 0 aliphatic rings. The second kappa shape index (κ2) is 10.6. The highest BCUT2D eigenvalue weighted by molar-refractivity contribution is 5.97. The molecular formula is C22H21N3O4. The Balaban J connectivity index is 2.04. The summed E-state index contributed by atoms with van der Waals surface area (Å²) < 4.78 is 0. The Hall–Kier alpha value is -3.62. The first-order valence-corrected chi connectivity index (χ1v) is 8.78. The van der Waals surface area contributed by atoms with Gasteiger partial charge >= 0.3 is 0 Å². The molecule has 148 valence electrons. The van der Waals surface area contributed by atoms with E-state index in [1.54, 1.807) is 12.1 Å². The lowest BCUT2D eigenvalue weighted by atomic mass is 10.1. The lowest BCUT2D eigenvalue weighted by Gasteiger charge is -2.19. The summed E-state index contributed by atoms with van der Waals surface area (Å²) in [6, 6.07) is 12.7. The lowest BCUT2D eigenvalue weighted by Crippen LogP contribution is -2.51. The zero-order valence-corrected chi connectivity index (χ0v) is 15.8. The van der Waals surface area contributed by atoms with E-state index in [1.807, 2.05) is 24.3 Å². The fourth-order valence-corrected chi connectivity index (χ4v) is 2.39. The Morgan fingerprint density at radius 2 is 1.72 bits per heavy atom. The van der Waals surface area contributed by atoms with Gasteiger partial charge in [0, 0.05) is 23.2 Å². The SMILES string of the molecule is C[C@@H](O)[C@H](NC(=O)c1ccc(C#CC#Cc2cccc(CN)c2)cc1)C(=O)NO. The molecule has 2 aromatic rings. The molecule has 0 radical (unpaired) electrons. The molecule has 0 aliphatic carbocycles. The summed E-state index contributed by atoms with van der Waals surface area (Å²) >= 11 is 0. The monoisotopic (exact) mass is 391 g/mol. The number of carbonyl (C=O) groups is 2. The van der Waals surface area contributed by atoms with Crippen LogP contribution < -0.4 is 16.5 Å². The standard InChI is InChI=1S/C22H21N3O4/c1-15(26)20(22(28)25-29)24-21(27)19-11-9-16(10-12-19)5-2-3-6-17-7-4-8-18(13-17)14-23/h4,7-13,15,20,26,29H,14,23H2,1H3,(H,24,27)(H,25,28)/t15-,20+/m1/s1. The van der Waals surface area contributed by atoms with Crippen LogP contribution in [0, 0.1) is 23.7 Å². The van der Waals surface area contributed by atoms with Gasteiger partial charge in [-0.15, -0.1) is 0 Å². The van der Waals surface area contributed by atoms with Crippen molar-refractivity contribution in [2.45, 2.75) is 25.6 Å². The fraction of sp³-hybridized carbons (Fsp3) is 0.182. The minimum Gasteiger partial charge on any atom is -0.391 e. The van der Waals surface area contributed by atoms with E-state index in [0.29, 0.717) is 12.1 Å². The van der Waals surface area contributed by atoms with Crippen LogP contribution in [-0.2, 0) is 11.3 Å². The molecule has 7 nitrogen and oxygen atoms in total. The van der Waals surface area contributed by atoms with Crippen LogP contribution in [0.25, 0.3) is 0 Å². The van der Waals surface area contributed by atoms with Crippen LogP contribution in [0.15, 0.2) is 48.5 Å². The zero-order valence-electron chi connectivity index (χ0n) is 15.8. The third-order valence-electron chi connectivity index (χ3n) is 3.95. The number of rotatable bonds is 5. The van der Waals surface area contributed by atoms with Crippen LogP contribution in [0.4, 0.5) is 0 Å². The average Bonchev–Trinajstić information content (AvgIpc) is 2.74. The Morgan fingerprint density at radius 1 is 1.07 bits per heavy atom. The molecule has 0 aromatic heterocycles. The highest BCUT2D eigenvalue weighted by atomic mass is 16.5. The van der Waals surface area contributed by atoms with E-state index in [0.717, 1.165) is 11.1 Å². The molecule has 0 bridgehead atoms. The molecule has 0 unspecified atom stereocenters. The molecule has 2 amide bonds. The van der Waals surface area contributed by atoms with Crippen molar-refractivity contribution in [3.05, 3.63) is 70.8 Å². The third kappa shape index (κ3) is 6.49.